The van der Waals surface area contributed by atoms with Gasteiger partial charge in [-0.2, -0.15) is 0 Å². The Morgan fingerprint density at radius 2 is 1.68 bits per heavy atom. The van der Waals surface area contributed by atoms with Gasteiger partial charge in [0.05, 0.1) is 42.3 Å². The van der Waals surface area contributed by atoms with Crippen molar-refractivity contribution in [3.63, 3.8) is 0 Å². The fourth-order valence-electron chi connectivity index (χ4n) is 11.3. The summed E-state index contributed by atoms with van der Waals surface area (Å²) >= 11 is 0. The van der Waals surface area contributed by atoms with E-state index in [1.807, 2.05) is 71.2 Å². The molecule has 1 aromatic heterocycles. The summed E-state index contributed by atoms with van der Waals surface area (Å²) in [7, 11) is 4.74. The van der Waals surface area contributed by atoms with Crippen molar-refractivity contribution in [1.82, 2.24) is 14.9 Å². The highest BCUT2D eigenvalue weighted by Crippen LogP contribution is 2.40. The van der Waals surface area contributed by atoms with Crippen molar-refractivity contribution in [1.29, 1.82) is 0 Å². The van der Waals surface area contributed by atoms with E-state index >= 15 is 0 Å². The molecule has 4 heterocycles. The maximum absolute atomic E-state index is 14.6. The number of nitrogens with one attached hydrogen (secondary N) is 1. The Hall–Kier alpha value is -4.29. The Kier molecular flexibility index (Phi) is 20.4. The number of aromatic nitrogens is 2. The molecule has 1 saturated carbocycles. The molecule has 6 rings (SSSR count). The summed E-state index contributed by atoms with van der Waals surface area (Å²) in [6.07, 6.45) is 6.25. The van der Waals surface area contributed by atoms with Crippen LogP contribution in [0.1, 0.15) is 132 Å². The minimum Gasteiger partial charge on any atom is -0.491 e. The number of carbonyl (C=O) groups is 4. The molecule has 72 heavy (non-hydrogen) atoms. The molecular formula is C56H83N3O13. The van der Waals surface area contributed by atoms with Gasteiger partial charge in [0.1, 0.15) is 42.2 Å². The number of allylic oxidation sites excluding steroid dienone is 3. The highest BCUT2D eigenvalue weighted by atomic mass is 16.7. The third kappa shape index (κ3) is 13.9. The number of hydrogen-bond donors (Lipinski definition) is 3. The number of methoxy groups -OCH3 is 3. The quantitative estimate of drug-likeness (QED) is 0.105. The summed E-state index contributed by atoms with van der Waals surface area (Å²) in [6.45, 7) is 15.6. The second-order valence-corrected chi connectivity index (χ2v) is 21.4. The number of ketones is 2. The zero-order chi connectivity index (χ0) is 52.4. The lowest BCUT2D eigenvalue weighted by molar-refractivity contribution is -0.302. The molecule has 0 radical (unpaired) electrons. The van der Waals surface area contributed by atoms with Gasteiger partial charge in [0.15, 0.2) is 0 Å². The highest BCUT2D eigenvalue weighted by molar-refractivity contribution is 6.39. The van der Waals surface area contributed by atoms with Crippen LogP contribution >= 0.6 is 0 Å². The number of amides is 1. The number of Topliss-reactive ketones (excluding diaryl/α,β-unsaturated/α-hetero) is 2. The maximum Gasteiger partial charge on any atom is 0.329 e. The van der Waals surface area contributed by atoms with E-state index in [0.717, 1.165) is 29.0 Å². The molecule has 1 aromatic carbocycles. The second kappa shape index (κ2) is 25.8. The number of cyclic esters (lactones) is 1. The number of piperidine rings is 1. The standard InChI is InChI=1S/C56H83N3O13/c1-12-39-23-33(4)22-34(5)24-48(67-10)52-49(68-11)26-36(7)56(65,72-52)53(62)54(63)59-21-14-13-18-43(59)55(64)71-51(37(8)44(60)29-45(39)61)35(6)25-38-19-20-46(47(27-38)66-9)69-31-50-57-30-42(58-50)40-16-15-17-41(28-40)70-32(2)3/h15-17,23,25,28,30,32,34,36-39,43-44,46-49,51-52,60,65H,12-14,18-22,24,26-27,29,31H2,1-11H3,(H,57,58)/b33-23+,35-25?. The van der Waals surface area contributed by atoms with E-state index < -0.39 is 77.8 Å². The average Bonchev–Trinajstić information content (AvgIpc) is 3.84. The Balaban J connectivity index is 1.24. The second-order valence-electron chi connectivity index (χ2n) is 21.4. The first-order valence-electron chi connectivity index (χ1n) is 26.3. The van der Waals surface area contributed by atoms with E-state index in [9.17, 15) is 29.4 Å². The van der Waals surface area contributed by atoms with Crippen LogP contribution < -0.4 is 4.74 Å². The lowest BCUT2D eigenvalue weighted by Gasteiger charge is -2.47. The van der Waals surface area contributed by atoms with Crippen LogP contribution in [-0.2, 0) is 54.2 Å². The molecule has 2 aromatic rings. The van der Waals surface area contributed by atoms with E-state index in [4.69, 9.17) is 38.1 Å². The lowest BCUT2D eigenvalue weighted by Crippen LogP contribution is -2.64. The molecule has 1 amide bonds. The van der Waals surface area contributed by atoms with Gasteiger partial charge in [0, 0.05) is 63.8 Å². The molecule has 2 bridgehead atoms. The van der Waals surface area contributed by atoms with E-state index in [0.29, 0.717) is 56.3 Å². The van der Waals surface area contributed by atoms with Gasteiger partial charge in [-0.05, 0) is 121 Å². The number of hydrogen-bond acceptors (Lipinski definition) is 14. The van der Waals surface area contributed by atoms with Crippen molar-refractivity contribution in [2.24, 2.45) is 29.6 Å². The van der Waals surface area contributed by atoms with Crippen LogP contribution in [0.4, 0.5) is 0 Å². The number of esters is 1. The molecule has 3 aliphatic heterocycles. The third-order valence-electron chi connectivity index (χ3n) is 15.4. The van der Waals surface area contributed by atoms with Gasteiger partial charge in [0.25, 0.3) is 11.7 Å². The summed E-state index contributed by atoms with van der Waals surface area (Å²) in [6, 6.07) is 6.67. The van der Waals surface area contributed by atoms with E-state index in [-0.39, 0.29) is 68.3 Å². The molecule has 4 aliphatic rings. The van der Waals surface area contributed by atoms with Crippen LogP contribution in [0.5, 0.6) is 5.75 Å². The minimum absolute atomic E-state index is 0.0111. The van der Waals surface area contributed by atoms with Crippen molar-refractivity contribution < 1.29 is 62.5 Å². The Bertz CT molecular complexity index is 2210. The van der Waals surface area contributed by atoms with Gasteiger partial charge < -0.3 is 53.3 Å². The molecule has 2 saturated heterocycles. The molecule has 3 fully saturated rings. The molecule has 14 unspecified atom stereocenters. The Labute approximate surface area is 426 Å². The van der Waals surface area contributed by atoms with Crippen molar-refractivity contribution >= 4 is 23.4 Å². The van der Waals surface area contributed by atoms with Crippen LogP contribution in [0, 0.1) is 29.6 Å². The fourth-order valence-corrected chi connectivity index (χ4v) is 11.3. The van der Waals surface area contributed by atoms with Gasteiger partial charge in [0.2, 0.25) is 5.79 Å². The van der Waals surface area contributed by atoms with E-state index in [1.165, 1.54) is 19.1 Å². The first-order valence-corrected chi connectivity index (χ1v) is 26.3. The van der Waals surface area contributed by atoms with Crippen LogP contribution in [0.25, 0.3) is 11.3 Å². The number of aromatic amines is 1. The number of carbonyl (C=O) groups excluding carboxylic acids is 4. The highest BCUT2D eigenvalue weighted by Gasteiger charge is 2.56. The van der Waals surface area contributed by atoms with Crippen molar-refractivity contribution in [2.45, 2.75) is 193 Å². The van der Waals surface area contributed by atoms with Crippen molar-refractivity contribution in [3.05, 3.63) is 59.6 Å². The van der Waals surface area contributed by atoms with Gasteiger partial charge >= 0.3 is 5.97 Å². The molecule has 14 atom stereocenters. The zero-order valence-electron chi connectivity index (χ0n) is 44.6. The van der Waals surface area contributed by atoms with Crippen molar-refractivity contribution in [3.8, 4) is 17.0 Å². The van der Waals surface area contributed by atoms with E-state index in [2.05, 4.69) is 18.0 Å². The number of imidazole rings is 1. The number of H-pyrrole nitrogens is 1. The summed E-state index contributed by atoms with van der Waals surface area (Å²) in [5.41, 5.74) is 3.38. The van der Waals surface area contributed by atoms with Gasteiger partial charge in [-0.15, -0.1) is 0 Å². The predicted octanol–water partition coefficient (Wildman–Crippen LogP) is 7.87. The molecular weight excluding hydrogens is 923 g/mol. The number of rotatable bonds is 12. The van der Waals surface area contributed by atoms with Gasteiger partial charge in [-0.3, -0.25) is 14.4 Å². The third-order valence-corrected chi connectivity index (χ3v) is 15.4. The monoisotopic (exact) mass is 1010 g/mol. The smallest absolute Gasteiger partial charge is 0.329 e. The number of benzene rings is 1. The normalized spacial score (nSPS) is 35.0. The largest absolute Gasteiger partial charge is 0.491 e. The van der Waals surface area contributed by atoms with E-state index in [1.54, 1.807) is 21.0 Å². The van der Waals surface area contributed by atoms with Crippen molar-refractivity contribution in [2.75, 3.05) is 27.9 Å². The minimum atomic E-state index is -2.52. The first kappa shape index (κ1) is 57.0. The number of fused-ring (bicyclic) bond motifs is 3. The van der Waals surface area contributed by atoms with Crippen LogP contribution in [-0.4, -0.2) is 137 Å². The molecule has 16 heteroatoms. The van der Waals surface area contributed by atoms with Crippen LogP contribution in [0.15, 0.2) is 53.8 Å². The van der Waals surface area contributed by atoms with Gasteiger partial charge in [-0.1, -0.05) is 57.6 Å². The number of aliphatic hydroxyl groups excluding tert-OH is 1. The molecule has 1 aliphatic carbocycles. The summed E-state index contributed by atoms with van der Waals surface area (Å²) < 4.78 is 42.8. The SMILES string of the molecule is CCC1/C=C(\C)CC(C)CC(OC)C2OC(O)(C(=O)C(=O)N3CCCCC3C(=O)OC(C(C)=CC3CCC(OCc4nc(-c5cccc(OC(C)C)c5)c[nH]4)C(OC)C3)C(C)C(O)CC1=O)C(C)CC2OC. The van der Waals surface area contributed by atoms with Crippen LogP contribution in [0.3, 0.4) is 0 Å². The maximum atomic E-state index is 14.6. The number of nitrogens with zero attached hydrogens (tertiary/aromatic N) is 2. The summed E-state index contributed by atoms with van der Waals surface area (Å²) in [5, 5.41) is 24.1. The van der Waals surface area contributed by atoms with Crippen LogP contribution in [0.2, 0.25) is 0 Å². The predicted molar refractivity (Wildman–Crippen MR) is 270 cm³/mol. The Morgan fingerprint density at radius 3 is 2.38 bits per heavy atom. The topological polar surface area (TPSA) is 205 Å². The average molecular weight is 1010 g/mol. The summed E-state index contributed by atoms with van der Waals surface area (Å²) in [5.74, 6) is -6.14. The molecule has 400 valence electrons. The van der Waals surface area contributed by atoms with Gasteiger partial charge in [-0.25, -0.2) is 9.78 Å². The fraction of sp³-hybridized carbons (Fsp3) is 0.696. The number of aliphatic hydroxyl groups is 2. The molecule has 0 spiro atoms. The Morgan fingerprint density at radius 1 is 0.958 bits per heavy atom. The zero-order valence-corrected chi connectivity index (χ0v) is 44.6. The summed E-state index contributed by atoms with van der Waals surface area (Å²) in [4.78, 5) is 66.7. The number of ether oxygens (including phenoxy) is 7. The lowest BCUT2D eigenvalue weighted by atomic mass is 9.81. The molecule has 3 N–H and O–H groups in total. The molecule has 16 nitrogen and oxygen atoms in total. The first-order chi connectivity index (χ1) is 34.3.